The topological polar surface area (TPSA) is 80.2 Å². The Kier molecular flexibility index (Phi) is 4.73. The highest BCUT2D eigenvalue weighted by Crippen LogP contribution is 2.44. The minimum absolute atomic E-state index is 0.234. The summed E-state index contributed by atoms with van der Waals surface area (Å²) < 4.78 is 7.04. The molecule has 1 saturated carbocycles. The molecule has 144 valence electrons. The highest BCUT2D eigenvalue weighted by Gasteiger charge is 2.30. The molecule has 7 nitrogen and oxygen atoms in total. The molecular formula is C19H18BrN5O2S. The molecule has 1 aliphatic carbocycles. The molecule has 5 rings (SSSR count). The molecule has 2 aliphatic rings. The van der Waals surface area contributed by atoms with Crippen LogP contribution in [0, 0.1) is 0 Å². The van der Waals surface area contributed by atoms with E-state index in [1.807, 2.05) is 6.07 Å². The van der Waals surface area contributed by atoms with Crippen molar-refractivity contribution in [2.45, 2.75) is 18.8 Å². The van der Waals surface area contributed by atoms with Crippen LogP contribution in [0.25, 0.3) is 10.3 Å². The van der Waals surface area contributed by atoms with Crippen LogP contribution >= 0.6 is 27.3 Å². The SMILES string of the molecule is O=C(Nc1cc2sc(N3CCOCC3)nc2nc1C1CC1)c1cccc(Br)n1. The number of amides is 1. The number of pyridine rings is 2. The predicted octanol–water partition coefficient (Wildman–Crippen LogP) is 3.82. The number of nitrogens with one attached hydrogen (secondary N) is 1. The Morgan fingerprint density at radius 1 is 1.21 bits per heavy atom. The van der Waals surface area contributed by atoms with E-state index in [2.05, 4.69) is 31.1 Å². The summed E-state index contributed by atoms with van der Waals surface area (Å²) in [5.74, 6) is 0.158. The Morgan fingerprint density at radius 2 is 2.04 bits per heavy atom. The number of fused-ring (bicyclic) bond motifs is 1. The number of aromatic nitrogens is 3. The van der Waals surface area contributed by atoms with Gasteiger partial charge in [0, 0.05) is 19.0 Å². The quantitative estimate of drug-likeness (QED) is 0.597. The van der Waals surface area contributed by atoms with Gasteiger partial charge in [0.15, 0.2) is 10.8 Å². The molecule has 9 heteroatoms. The van der Waals surface area contributed by atoms with Gasteiger partial charge in [0.05, 0.1) is 29.3 Å². The van der Waals surface area contributed by atoms with E-state index in [-0.39, 0.29) is 5.91 Å². The smallest absolute Gasteiger partial charge is 0.274 e. The van der Waals surface area contributed by atoms with Crippen LogP contribution in [-0.4, -0.2) is 47.2 Å². The molecule has 0 spiro atoms. The summed E-state index contributed by atoms with van der Waals surface area (Å²) in [7, 11) is 0. The molecule has 3 aromatic heterocycles. The van der Waals surface area contributed by atoms with Crippen LogP contribution in [0.3, 0.4) is 0 Å². The van der Waals surface area contributed by atoms with E-state index in [0.29, 0.717) is 16.2 Å². The number of ether oxygens (including phenoxy) is 1. The second kappa shape index (κ2) is 7.38. The van der Waals surface area contributed by atoms with Crippen molar-refractivity contribution >= 4 is 54.3 Å². The molecule has 1 N–H and O–H groups in total. The fourth-order valence-electron chi connectivity index (χ4n) is 3.25. The van der Waals surface area contributed by atoms with Crippen LogP contribution in [0.2, 0.25) is 0 Å². The van der Waals surface area contributed by atoms with Crippen LogP contribution in [0.4, 0.5) is 10.8 Å². The zero-order valence-electron chi connectivity index (χ0n) is 15.0. The molecule has 0 atom stereocenters. The van der Waals surface area contributed by atoms with Gasteiger partial charge in [0.25, 0.3) is 5.91 Å². The number of nitrogens with zero attached hydrogens (tertiary/aromatic N) is 4. The molecule has 3 aromatic rings. The van der Waals surface area contributed by atoms with Gasteiger partial charge in [-0.1, -0.05) is 17.4 Å². The van der Waals surface area contributed by atoms with Gasteiger partial charge in [0.2, 0.25) is 0 Å². The third-order valence-corrected chi connectivity index (χ3v) is 6.34. The van der Waals surface area contributed by atoms with E-state index in [1.54, 1.807) is 29.5 Å². The van der Waals surface area contributed by atoms with Crippen molar-refractivity contribution < 1.29 is 9.53 Å². The van der Waals surface area contributed by atoms with Crippen molar-refractivity contribution in [1.29, 1.82) is 0 Å². The molecule has 28 heavy (non-hydrogen) atoms. The molecule has 4 heterocycles. The van der Waals surface area contributed by atoms with Crippen molar-refractivity contribution in [3.8, 4) is 0 Å². The molecule has 0 radical (unpaired) electrons. The zero-order valence-corrected chi connectivity index (χ0v) is 17.4. The summed E-state index contributed by atoms with van der Waals surface area (Å²) in [4.78, 5) is 28.7. The Labute approximate surface area is 174 Å². The van der Waals surface area contributed by atoms with Crippen molar-refractivity contribution in [2.24, 2.45) is 0 Å². The molecular weight excluding hydrogens is 442 g/mol. The Hall–Kier alpha value is -2.10. The van der Waals surface area contributed by atoms with E-state index in [1.165, 1.54) is 0 Å². The van der Waals surface area contributed by atoms with E-state index >= 15 is 0 Å². The number of carbonyl (C=O) groups excluding carboxylic acids is 1. The summed E-state index contributed by atoms with van der Waals surface area (Å²) in [6.07, 6.45) is 2.19. The number of halogens is 1. The van der Waals surface area contributed by atoms with Crippen molar-refractivity contribution in [3.05, 3.63) is 40.3 Å². The van der Waals surface area contributed by atoms with E-state index < -0.39 is 0 Å². The monoisotopic (exact) mass is 459 g/mol. The molecule has 0 aromatic carbocycles. The van der Waals surface area contributed by atoms with Crippen LogP contribution in [-0.2, 0) is 4.74 Å². The highest BCUT2D eigenvalue weighted by atomic mass is 79.9. The third-order valence-electron chi connectivity index (χ3n) is 4.84. The predicted molar refractivity (Wildman–Crippen MR) is 112 cm³/mol. The van der Waals surface area contributed by atoms with Gasteiger partial charge in [0.1, 0.15) is 10.3 Å². The number of hydrogen-bond donors (Lipinski definition) is 1. The lowest BCUT2D eigenvalue weighted by Crippen LogP contribution is -2.36. The lowest BCUT2D eigenvalue weighted by atomic mass is 10.2. The van der Waals surface area contributed by atoms with Crippen molar-refractivity contribution in [3.63, 3.8) is 0 Å². The number of rotatable bonds is 4. The highest BCUT2D eigenvalue weighted by molar-refractivity contribution is 9.10. The largest absolute Gasteiger partial charge is 0.378 e. The van der Waals surface area contributed by atoms with Crippen molar-refractivity contribution in [2.75, 3.05) is 36.5 Å². The number of carbonyl (C=O) groups is 1. The Bertz CT molecular complexity index is 1050. The Morgan fingerprint density at radius 3 is 2.79 bits per heavy atom. The standard InChI is InChI=1S/C19H18BrN5O2S/c20-15-3-1-2-12(21-15)18(26)22-13-10-14-17(23-16(13)11-4-5-11)24-19(28-14)25-6-8-27-9-7-25/h1-3,10-11H,4-9H2,(H,22,26). The molecule has 2 fully saturated rings. The van der Waals surface area contributed by atoms with Crippen LogP contribution in [0.1, 0.15) is 34.9 Å². The second-order valence-electron chi connectivity index (χ2n) is 6.91. The van der Waals surface area contributed by atoms with Gasteiger partial charge >= 0.3 is 0 Å². The van der Waals surface area contributed by atoms with Gasteiger partial charge in [-0.3, -0.25) is 4.79 Å². The summed E-state index contributed by atoms with van der Waals surface area (Å²) in [5.41, 5.74) is 2.81. The van der Waals surface area contributed by atoms with Gasteiger partial charge in [-0.2, -0.15) is 4.98 Å². The number of morpholine rings is 1. The van der Waals surface area contributed by atoms with Crippen LogP contribution < -0.4 is 10.2 Å². The first kappa shape index (κ1) is 18.0. The van der Waals surface area contributed by atoms with Gasteiger partial charge < -0.3 is 15.0 Å². The van der Waals surface area contributed by atoms with Gasteiger partial charge in [-0.05, 0) is 47.0 Å². The first-order valence-corrected chi connectivity index (χ1v) is 10.9. The summed E-state index contributed by atoms with van der Waals surface area (Å²) in [6, 6.07) is 7.30. The van der Waals surface area contributed by atoms with Crippen LogP contribution in [0.15, 0.2) is 28.9 Å². The van der Waals surface area contributed by atoms with E-state index in [0.717, 1.165) is 66.0 Å². The van der Waals surface area contributed by atoms with Gasteiger partial charge in [-0.25, -0.2) is 9.97 Å². The zero-order chi connectivity index (χ0) is 19.1. The summed E-state index contributed by atoms with van der Waals surface area (Å²) in [5, 5.41) is 3.98. The normalized spacial score (nSPS) is 17.1. The first-order valence-electron chi connectivity index (χ1n) is 9.25. The molecule has 0 unspecified atom stereocenters. The molecule has 1 saturated heterocycles. The second-order valence-corrected chi connectivity index (χ2v) is 8.73. The van der Waals surface area contributed by atoms with Gasteiger partial charge in [-0.15, -0.1) is 0 Å². The maximum atomic E-state index is 12.7. The lowest BCUT2D eigenvalue weighted by Gasteiger charge is -2.25. The average Bonchev–Trinajstić information content (AvgIpc) is 3.47. The molecule has 0 bridgehead atoms. The molecule has 1 amide bonds. The fourth-order valence-corrected chi connectivity index (χ4v) is 4.59. The number of anilines is 2. The first-order chi connectivity index (χ1) is 13.7. The average molecular weight is 460 g/mol. The molecule has 1 aliphatic heterocycles. The van der Waals surface area contributed by atoms with Crippen molar-refractivity contribution in [1.82, 2.24) is 15.0 Å². The number of hydrogen-bond acceptors (Lipinski definition) is 7. The third kappa shape index (κ3) is 3.61. The van der Waals surface area contributed by atoms with E-state index in [9.17, 15) is 4.79 Å². The maximum absolute atomic E-state index is 12.7. The fraction of sp³-hybridized carbons (Fsp3) is 0.368. The maximum Gasteiger partial charge on any atom is 0.274 e. The van der Waals surface area contributed by atoms with E-state index in [4.69, 9.17) is 14.7 Å². The lowest BCUT2D eigenvalue weighted by molar-refractivity contribution is 0.102. The Balaban J connectivity index is 1.48. The number of thiazole rings is 1. The van der Waals surface area contributed by atoms with Crippen LogP contribution in [0.5, 0.6) is 0 Å². The summed E-state index contributed by atoms with van der Waals surface area (Å²) >= 11 is 4.92. The summed E-state index contributed by atoms with van der Waals surface area (Å²) in [6.45, 7) is 3.12. The minimum atomic E-state index is -0.234. The minimum Gasteiger partial charge on any atom is -0.378 e.